The molecular weight excluding hydrogens is 300 g/mol. The number of hydrogen-bond acceptors (Lipinski definition) is 3. The molecular formula is C16H19ClN4O. The molecule has 5 nitrogen and oxygen atoms in total. The number of aromatic nitrogens is 2. The molecule has 1 aliphatic rings. The molecule has 1 N–H and O–H groups in total. The van der Waals surface area contributed by atoms with Crippen LogP contribution in [-0.2, 0) is 6.54 Å². The lowest BCUT2D eigenvalue weighted by atomic mass is 10.2. The number of likely N-dealkylation sites (N-methyl/N-ethyl adjacent to an activating group) is 1. The summed E-state index contributed by atoms with van der Waals surface area (Å²) >= 11 is 6.16. The number of halogens is 1. The summed E-state index contributed by atoms with van der Waals surface area (Å²) in [4.78, 5) is 14.3. The molecule has 1 aliphatic heterocycles. The Morgan fingerprint density at radius 2 is 2.32 bits per heavy atom. The van der Waals surface area contributed by atoms with Gasteiger partial charge in [-0.2, -0.15) is 5.10 Å². The fraction of sp³-hybridized carbons (Fsp3) is 0.375. The standard InChI is InChI=1S/C16H19ClN4O/c1-20(14-6-7-18-9-14)16(22)13-8-19-21(11-13)10-12-4-2-3-5-15(12)17/h2-5,8,11,14,18H,6-7,9-10H2,1H3/t14-/m0/s1. The number of hydrogen-bond donors (Lipinski definition) is 1. The first-order chi connectivity index (χ1) is 10.6. The summed E-state index contributed by atoms with van der Waals surface area (Å²) in [6, 6.07) is 7.92. The minimum atomic E-state index is 0.0131. The summed E-state index contributed by atoms with van der Waals surface area (Å²) in [6.07, 6.45) is 4.40. The van der Waals surface area contributed by atoms with Gasteiger partial charge in [-0.25, -0.2) is 0 Å². The highest BCUT2D eigenvalue weighted by atomic mass is 35.5. The Labute approximate surface area is 134 Å². The van der Waals surface area contributed by atoms with Crippen molar-refractivity contribution in [2.24, 2.45) is 0 Å². The van der Waals surface area contributed by atoms with Gasteiger partial charge in [-0.05, 0) is 24.6 Å². The van der Waals surface area contributed by atoms with Gasteiger partial charge in [-0.3, -0.25) is 9.48 Å². The molecule has 0 radical (unpaired) electrons. The fourth-order valence-corrected chi connectivity index (χ4v) is 2.90. The van der Waals surface area contributed by atoms with Crippen molar-refractivity contribution in [1.82, 2.24) is 20.0 Å². The van der Waals surface area contributed by atoms with Gasteiger partial charge in [0.15, 0.2) is 0 Å². The van der Waals surface area contributed by atoms with E-state index in [1.807, 2.05) is 31.3 Å². The number of carbonyl (C=O) groups is 1. The van der Waals surface area contributed by atoms with E-state index >= 15 is 0 Å². The summed E-state index contributed by atoms with van der Waals surface area (Å²) in [5.41, 5.74) is 1.60. The van der Waals surface area contributed by atoms with E-state index < -0.39 is 0 Å². The molecule has 0 aliphatic carbocycles. The van der Waals surface area contributed by atoms with Crippen molar-refractivity contribution in [3.63, 3.8) is 0 Å². The Kier molecular flexibility index (Phi) is 4.45. The van der Waals surface area contributed by atoms with Gasteiger partial charge >= 0.3 is 0 Å². The van der Waals surface area contributed by atoms with Gasteiger partial charge in [0.1, 0.15) is 0 Å². The zero-order valence-electron chi connectivity index (χ0n) is 12.5. The van der Waals surface area contributed by atoms with Crippen LogP contribution in [0.3, 0.4) is 0 Å². The van der Waals surface area contributed by atoms with Gasteiger partial charge < -0.3 is 10.2 Å². The second kappa shape index (κ2) is 6.50. The van der Waals surface area contributed by atoms with Crippen LogP contribution in [0.15, 0.2) is 36.7 Å². The van der Waals surface area contributed by atoms with E-state index in [-0.39, 0.29) is 11.9 Å². The third-order valence-corrected chi connectivity index (χ3v) is 4.44. The molecule has 0 saturated carbocycles. The maximum Gasteiger partial charge on any atom is 0.257 e. The second-order valence-corrected chi connectivity index (χ2v) is 5.99. The fourth-order valence-electron chi connectivity index (χ4n) is 2.70. The van der Waals surface area contributed by atoms with Crippen LogP contribution in [0.25, 0.3) is 0 Å². The lowest BCUT2D eigenvalue weighted by molar-refractivity contribution is 0.0743. The average molecular weight is 319 g/mol. The van der Waals surface area contributed by atoms with Crippen LogP contribution in [-0.4, -0.2) is 46.8 Å². The average Bonchev–Trinajstić information content (AvgIpc) is 3.19. The van der Waals surface area contributed by atoms with Crippen molar-refractivity contribution >= 4 is 17.5 Å². The molecule has 22 heavy (non-hydrogen) atoms. The number of rotatable bonds is 4. The second-order valence-electron chi connectivity index (χ2n) is 5.58. The van der Waals surface area contributed by atoms with E-state index in [4.69, 9.17) is 11.6 Å². The third kappa shape index (κ3) is 3.15. The van der Waals surface area contributed by atoms with Crippen LogP contribution in [0.4, 0.5) is 0 Å². The smallest absolute Gasteiger partial charge is 0.257 e. The topological polar surface area (TPSA) is 50.2 Å². The molecule has 0 unspecified atom stereocenters. The first-order valence-corrected chi connectivity index (χ1v) is 7.76. The maximum absolute atomic E-state index is 12.5. The predicted octanol–water partition coefficient (Wildman–Crippen LogP) is 2.02. The molecule has 2 heterocycles. The highest BCUT2D eigenvalue weighted by Gasteiger charge is 2.24. The molecule has 0 bridgehead atoms. The monoisotopic (exact) mass is 318 g/mol. The molecule has 1 amide bonds. The lowest BCUT2D eigenvalue weighted by Gasteiger charge is -2.23. The molecule has 0 spiro atoms. The third-order valence-electron chi connectivity index (χ3n) is 4.07. The molecule has 1 aromatic carbocycles. The summed E-state index contributed by atoms with van der Waals surface area (Å²) in [5, 5.41) is 8.26. The summed E-state index contributed by atoms with van der Waals surface area (Å²) in [5.74, 6) is 0.0131. The Hall–Kier alpha value is -1.85. The van der Waals surface area contributed by atoms with Crippen molar-refractivity contribution in [2.75, 3.05) is 20.1 Å². The number of nitrogens with zero attached hydrogens (tertiary/aromatic N) is 3. The highest BCUT2D eigenvalue weighted by molar-refractivity contribution is 6.31. The van der Waals surface area contributed by atoms with Crippen molar-refractivity contribution in [2.45, 2.75) is 19.0 Å². The minimum absolute atomic E-state index is 0.0131. The molecule has 1 fully saturated rings. The van der Waals surface area contributed by atoms with Gasteiger partial charge in [0, 0.05) is 30.9 Å². The summed E-state index contributed by atoms with van der Waals surface area (Å²) in [7, 11) is 1.85. The maximum atomic E-state index is 12.5. The van der Waals surface area contributed by atoms with Gasteiger partial charge in [0.2, 0.25) is 0 Å². The Morgan fingerprint density at radius 1 is 1.50 bits per heavy atom. The Morgan fingerprint density at radius 3 is 3.05 bits per heavy atom. The molecule has 3 rings (SSSR count). The normalized spacial score (nSPS) is 17.6. The number of carbonyl (C=O) groups excluding carboxylic acids is 1. The molecule has 1 atom stereocenters. The van der Waals surface area contributed by atoms with E-state index in [0.29, 0.717) is 17.1 Å². The Bertz CT molecular complexity index is 664. The zero-order valence-corrected chi connectivity index (χ0v) is 13.3. The van der Waals surface area contributed by atoms with Crippen molar-refractivity contribution in [3.8, 4) is 0 Å². The van der Waals surface area contributed by atoms with E-state index in [2.05, 4.69) is 10.4 Å². The molecule has 6 heteroatoms. The van der Waals surface area contributed by atoms with E-state index in [0.717, 1.165) is 25.1 Å². The van der Waals surface area contributed by atoms with Gasteiger partial charge in [-0.15, -0.1) is 0 Å². The number of amides is 1. The Balaban J connectivity index is 1.70. The van der Waals surface area contributed by atoms with E-state index in [1.165, 1.54) is 0 Å². The zero-order chi connectivity index (χ0) is 15.5. The quantitative estimate of drug-likeness (QED) is 0.938. The summed E-state index contributed by atoms with van der Waals surface area (Å²) < 4.78 is 1.75. The van der Waals surface area contributed by atoms with Crippen molar-refractivity contribution in [3.05, 3.63) is 52.8 Å². The molecule has 2 aromatic rings. The van der Waals surface area contributed by atoms with E-state index in [9.17, 15) is 4.79 Å². The predicted molar refractivity (Wildman–Crippen MR) is 86.1 cm³/mol. The van der Waals surface area contributed by atoms with Crippen LogP contribution >= 0.6 is 11.6 Å². The van der Waals surface area contributed by atoms with Gasteiger partial charge in [0.05, 0.1) is 18.3 Å². The van der Waals surface area contributed by atoms with E-state index in [1.54, 1.807) is 22.0 Å². The molecule has 1 saturated heterocycles. The van der Waals surface area contributed by atoms with Gasteiger partial charge in [-0.1, -0.05) is 29.8 Å². The number of nitrogens with one attached hydrogen (secondary N) is 1. The van der Waals surface area contributed by atoms with Crippen LogP contribution in [0, 0.1) is 0 Å². The van der Waals surface area contributed by atoms with Gasteiger partial charge in [0.25, 0.3) is 5.91 Å². The largest absolute Gasteiger partial charge is 0.337 e. The SMILES string of the molecule is CN(C(=O)c1cnn(Cc2ccccc2Cl)c1)[C@H]1CCNC1. The minimum Gasteiger partial charge on any atom is -0.337 e. The lowest BCUT2D eigenvalue weighted by Crippen LogP contribution is -2.38. The first kappa shape index (κ1) is 15.1. The van der Waals surface area contributed by atoms with Crippen LogP contribution in [0.2, 0.25) is 5.02 Å². The van der Waals surface area contributed by atoms with Crippen molar-refractivity contribution < 1.29 is 4.79 Å². The highest BCUT2D eigenvalue weighted by Crippen LogP contribution is 2.17. The van der Waals surface area contributed by atoms with Crippen LogP contribution in [0.1, 0.15) is 22.3 Å². The molecule has 116 valence electrons. The number of benzene rings is 1. The first-order valence-electron chi connectivity index (χ1n) is 7.39. The van der Waals surface area contributed by atoms with Crippen LogP contribution < -0.4 is 5.32 Å². The van der Waals surface area contributed by atoms with Crippen LogP contribution in [0.5, 0.6) is 0 Å². The van der Waals surface area contributed by atoms with Crippen molar-refractivity contribution in [1.29, 1.82) is 0 Å². The molecule has 1 aromatic heterocycles. The summed E-state index contributed by atoms with van der Waals surface area (Å²) in [6.45, 7) is 2.38.